The van der Waals surface area contributed by atoms with Gasteiger partial charge in [-0.1, -0.05) is 78.6 Å². The summed E-state index contributed by atoms with van der Waals surface area (Å²) in [6, 6.07) is 0. The smallest absolute Gasteiger partial charge is 0.222 e. The fourth-order valence-corrected chi connectivity index (χ4v) is 7.05. The van der Waals surface area contributed by atoms with Gasteiger partial charge in [-0.2, -0.15) is 23.5 Å². The number of hydrogen-bond acceptors (Lipinski definition) is 3. The van der Waals surface area contributed by atoms with Crippen LogP contribution in [0.5, 0.6) is 0 Å². The summed E-state index contributed by atoms with van der Waals surface area (Å²) in [6.45, 7) is 8.66. The Hall–Kier alpha value is 0.170. The standard InChI is InChI=1S/C26H49NOS2/c1-4-7-13-16-22-24(29-22)21-25-23(30-25)17-14-11-10-12-15-18-26(28)27(19-8-5-2)20-9-6-3/h22-25H,4-21H2,1-3H3/t22-,23+,24-,25-/m1/s1. The van der Waals surface area contributed by atoms with Crippen LogP contribution in [0, 0.1) is 0 Å². The van der Waals surface area contributed by atoms with Crippen molar-refractivity contribution in [1.29, 1.82) is 0 Å². The predicted octanol–water partition coefficient (Wildman–Crippen LogP) is 8.08. The molecular formula is C26H49NOS2. The fraction of sp³-hybridized carbons (Fsp3) is 0.962. The predicted molar refractivity (Wildman–Crippen MR) is 138 cm³/mol. The van der Waals surface area contributed by atoms with E-state index >= 15 is 0 Å². The molecule has 0 spiro atoms. The monoisotopic (exact) mass is 455 g/mol. The summed E-state index contributed by atoms with van der Waals surface area (Å²) < 4.78 is 0. The Balaban J connectivity index is 1.40. The van der Waals surface area contributed by atoms with E-state index in [1.54, 1.807) is 0 Å². The Morgan fingerprint density at radius 3 is 1.70 bits per heavy atom. The van der Waals surface area contributed by atoms with Crippen LogP contribution in [0.25, 0.3) is 0 Å². The number of hydrogen-bond donors (Lipinski definition) is 0. The quantitative estimate of drug-likeness (QED) is 0.137. The Bertz CT molecular complexity index is 450. The average molecular weight is 456 g/mol. The van der Waals surface area contributed by atoms with Crippen LogP contribution in [0.2, 0.25) is 0 Å². The molecule has 0 N–H and O–H groups in total. The van der Waals surface area contributed by atoms with E-state index in [-0.39, 0.29) is 0 Å². The van der Waals surface area contributed by atoms with E-state index in [0.717, 1.165) is 59.8 Å². The molecule has 4 heteroatoms. The largest absolute Gasteiger partial charge is 0.343 e. The third-order valence-corrected chi connectivity index (χ3v) is 9.67. The van der Waals surface area contributed by atoms with Gasteiger partial charge in [0.15, 0.2) is 0 Å². The fourth-order valence-electron chi connectivity index (χ4n) is 4.47. The van der Waals surface area contributed by atoms with Crippen molar-refractivity contribution in [3.05, 3.63) is 0 Å². The Morgan fingerprint density at radius 1 is 0.633 bits per heavy atom. The molecule has 2 fully saturated rings. The van der Waals surface area contributed by atoms with Gasteiger partial charge in [-0.3, -0.25) is 4.79 Å². The van der Waals surface area contributed by atoms with Crippen molar-refractivity contribution >= 4 is 29.4 Å². The van der Waals surface area contributed by atoms with Crippen molar-refractivity contribution in [3.8, 4) is 0 Å². The van der Waals surface area contributed by atoms with Crippen LogP contribution >= 0.6 is 23.5 Å². The molecule has 2 heterocycles. The lowest BCUT2D eigenvalue weighted by Gasteiger charge is -2.22. The molecule has 0 aromatic rings. The molecule has 176 valence electrons. The number of rotatable bonds is 20. The molecule has 2 aliphatic heterocycles. The zero-order valence-electron chi connectivity index (χ0n) is 20.2. The second kappa shape index (κ2) is 15.9. The molecule has 0 aliphatic carbocycles. The van der Waals surface area contributed by atoms with E-state index in [1.165, 1.54) is 77.0 Å². The summed E-state index contributed by atoms with van der Waals surface area (Å²) in [6.07, 6.45) is 20.5. The molecule has 2 aliphatic rings. The lowest BCUT2D eigenvalue weighted by atomic mass is 10.0. The van der Waals surface area contributed by atoms with Gasteiger partial charge >= 0.3 is 0 Å². The molecule has 0 aromatic heterocycles. The summed E-state index contributed by atoms with van der Waals surface area (Å²) in [7, 11) is 0. The lowest BCUT2D eigenvalue weighted by Crippen LogP contribution is -2.32. The Labute approximate surface area is 196 Å². The third-order valence-electron chi connectivity index (χ3n) is 6.73. The molecule has 2 saturated heterocycles. The van der Waals surface area contributed by atoms with E-state index in [2.05, 4.69) is 49.2 Å². The highest BCUT2D eigenvalue weighted by molar-refractivity contribution is 8.08. The van der Waals surface area contributed by atoms with E-state index in [9.17, 15) is 4.79 Å². The van der Waals surface area contributed by atoms with Crippen molar-refractivity contribution in [3.63, 3.8) is 0 Å². The summed E-state index contributed by atoms with van der Waals surface area (Å²) in [5.74, 6) is 0.403. The lowest BCUT2D eigenvalue weighted by molar-refractivity contribution is -0.131. The first-order valence-corrected chi connectivity index (χ1v) is 15.2. The van der Waals surface area contributed by atoms with Crippen molar-refractivity contribution in [2.45, 2.75) is 145 Å². The van der Waals surface area contributed by atoms with E-state index in [1.807, 2.05) is 0 Å². The first-order valence-electron chi connectivity index (χ1n) is 13.3. The highest BCUT2D eigenvalue weighted by atomic mass is 32.2. The minimum atomic E-state index is 0.403. The van der Waals surface area contributed by atoms with Crippen LogP contribution < -0.4 is 0 Å². The topological polar surface area (TPSA) is 20.3 Å². The molecule has 0 saturated carbocycles. The van der Waals surface area contributed by atoms with Crippen LogP contribution in [0.3, 0.4) is 0 Å². The molecule has 0 bridgehead atoms. The molecular weight excluding hydrogens is 406 g/mol. The van der Waals surface area contributed by atoms with Gasteiger partial charge in [-0.25, -0.2) is 0 Å². The Kier molecular flexibility index (Phi) is 14.0. The van der Waals surface area contributed by atoms with Gasteiger partial charge in [0.2, 0.25) is 5.91 Å². The number of amides is 1. The molecule has 0 unspecified atom stereocenters. The van der Waals surface area contributed by atoms with Crippen LogP contribution in [0.4, 0.5) is 0 Å². The summed E-state index contributed by atoms with van der Waals surface area (Å²) in [4.78, 5) is 14.6. The van der Waals surface area contributed by atoms with Gasteiger partial charge in [-0.15, -0.1) is 0 Å². The average Bonchev–Trinajstić information content (AvgIpc) is 3.66. The van der Waals surface area contributed by atoms with E-state index in [4.69, 9.17) is 0 Å². The maximum absolute atomic E-state index is 12.5. The van der Waals surface area contributed by atoms with Crippen LogP contribution in [-0.2, 0) is 4.79 Å². The second-order valence-electron chi connectivity index (χ2n) is 9.55. The first kappa shape index (κ1) is 26.4. The number of thioether (sulfide) groups is 2. The van der Waals surface area contributed by atoms with Crippen molar-refractivity contribution in [1.82, 2.24) is 4.90 Å². The molecule has 4 atom stereocenters. The number of carbonyl (C=O) groups is 1. The van der Waals surface area contributed by atoms with Gasteiger partial charge in [0.1, 0.15) is 0 Å². The normalized spacial score (nSPS) is 24.8. The molecule has 2 rings (SSSR count). The molecule has 1 amide bonds. The van der Waals surface area contributed by atoms with Crippen molar-refractivity contribution in [2.24, 2.45) is 0 Å². The highest BCUT2D eigenvalue weighted by Crippen LogP contribution is 2.55. The molecule has 0 radical (unpaired) electrons. The zero-order valence-corrected chi connectivity index (χ0v) is 21.8. The van der Waals surface area contributed by atoms with Gasteiger partial charge in [0, 0.05) is 40.5 Å². The second-order valence-corrected chi connectivity index (χ2v) is 12.5. The summed E-state index contributed by atoms with van der Waals surface area (Å²) >= 11 is 4.52. The number of nitrogens with zero attached hydrogens (tertiary/aromatic N) is 1. The molecule has 0 aromatic carbocycles. The minimum absolute atomic E-state index is 0.403. The van der Waals surface area contributed by atoms with Crippen molar-refractivity contribution in [2.75, 3.05) is 13.1 Å². The SMILES string of the molecule is CCCCC[C@H]1S[C@@H]1C[C@H]1S[C@H]1CCCCCCCC(=O)N(CCCC)CCCC. The van der Waals surface area contributed by atoms with Crippen molar-refractivity contribution < 1.29 is 4.79 Å². The highest BCUT2D eigenvalue weighted by Gasteiger charge is 2.46. The molecule has 2 nitrogen and oxygen atoms in total. The minimum Gasteiger partial charge on any atom is -0.343 e. The van der Waals surface area contributed by atoms with Crippen LogP contribution in [0.15, 0.2) is 0 Å². The summed E-state index contributed by atoms with van der Waals surface area (Å²) in [5.41, 5.74) is 0. The molecule has 30 heavy (non-hydrogen) atoms. The third kappa shape index (κ3) is 11.2. The maximum Gasteiger partial charge on any atom is 0.222 e. The maximum atomic E-state index is 12.5. The van der Waals surface area contributed by atoms with Crippen LogP contribution in [-0.4, -0.2) is 44.9 Å². The van der Waals surface area contributed by atoms with E-state index in [0.29, 0.717) is 5.91 Å². The van der Waals surface area contributed by atoms with E-state index < -0.39 is 0 Å². The Morgan fingerprint density at radius 2 is 1.13 bits per heavy atom. The van der Waals surface area contributed by atoms with Gasteiger partial charge in [0.25, 0.3) is 0 Å². The number of unbranched alkanes of at least 4 members (excludes halogenated alkanes) is 8. The number of carbonyl (C=O) groups excluding carboxylic acids is 1. The summed E-state index contributed by atoms with van der Waals surface area (Å²) in [5, 5.41) is 4.00. The first-order chi connectivity index (χ1) is 14.7. The van der Waals surface area contributed by atoms with Gasteiger partial charge < -0.3 is 4.90 Å². The van der Waals surface area contributed by atoms with Gasteiger partial charge in [0.05, 0.1) is 0 Å². The van der Waals surface area contributed by atoms with Gasteiger partial charge in [-0.05, 0) is 38.5 Å². The zero-order chi connectivity index (χ0) is 21.6. The van der Waals surface area contributed by atoms with Crippen LogP contribution in [0.1, 0.15) is 124 Å².